The van der Waals surface area contributed by atoms with Crippen LogP contribution in [0.25, 0.3) is 11.1 Å². The Morgan fingerprint density at radius 2 is 2.13 bits per heavy atom. The third kappa shape index (κ3) is 3.94. The standard InChI is InChI=1S/C19H15ClN4O6/c1-9-17-12(7-15(10-2-3-10)22-18(17)30-23-9)19(26)29-8-16(25)21-14-5-4-11(24(27)28)6-13(14)20/h4-7,10H,2-3,8H2,1H3,(H,21,25). The smallest absolute Gasteiger partial charge is 0.339 e. The van der Waals surface area contributed by atoms with E-state index in [1.54, 1.807) is 13.0 Å². The summed E-state index contributed by atoms with van der Waals surface area (Å²) in [6.45, 7) is 1.11. The average molecular weight is 431 g/mol. The maximum absolute atomic E-state index is 12.6. The number of hydrogen-bond acceptors (Lipinski definition) is 8. The van der Waals surface area contributed by atoms with E-state index in [4.69, 9.17) is 20.9 Å². The molecular formula is C19H15ClN4O6. The molecule has 11 heteroatoms. The molecule has 1 aliphatic rings. The molecular weight excluding hydrogens is 416 g/mol. The number of nitro groups is 1. The first-order chi connectivity index (χ1) is 14.3. The van der Waals surface area contributed by atoms with E-state index in [0.29, 0.717) is 11.1 Å². The molecule has 1 amide bonds. The summed E-state index contributed by atoms with van der Waals surface area (Å²) in [5.74, 6) is -1.08. The Hall–Kier alpha value is -3.53. The maximum atomic E-state index is 12.6. The molecule has 1 saturated carbocycles. The number of carbonyl (C=O) groups is 2. The zero-order chi connectivity index (χ0) is 21.4. The van der Waals surface area contributed by atoms with Gasteiger partial charge < -0.3 is 14.6 Å². The van der Waals surface area contributed by atoms with Crippen molar-refractivity contribution in [3.05, 3.63) is 56.4 Å². The Bertz CT molecular complexity index is 1190. The Morgan fingerprint density at radius 1 is 1.37 bits per heavy atom. The summed E-state index contributed by atoms with van der Waals surface area (Å²) in [5, 5.41) is 17.5. The predicted octanol–water partition coefficient (Wildman–Crippen LogP) is 3.77. The highest BCUT2D eigenvalue weighted by atomic mass is 35.5. The number of ether oxygens (including phenoxy) is 1. The van der Waals surface area contributed by atoms with Crippen LogP contribution in [0.1, 0.15) is 40.5 Å². The number of fused-ring (bicyclic) bond motifs is 1. The number of hydrogen-bond donors (Lipinski definition) is 1. The summed E-state index contributed by atoms with van der Waals surface area (Å²) >= 11 is 5.95. The predicted molar refractivity (Wildman–Crippen MR) is 106 cm³/mol. The Balaban J connectivity index is 1.46. The van der Waals surface area contributed by atoms with Gasteiger partial charge in [0.25, 0.3) is 17.3 Å². The van der Waals surface area contributed by atoms with Gasteiger partial charge in [0.1, 0.15) is 0 Å². The lowest BCUT2D eigenvalue weighted by atomic mass is 10.1. The molecule has 0 saturated heterocycles. The number of carbonyl (C=O) groups excluding carboxylic acids is 2. The fourth-order valence-electron chi connectivity index (χ4n) is 2.98. The van der Waals surface area contributed by atoms with Crippen molar-refractivity contribution in [3.63, 3.8) is 0 Å². The highest BCUT2D eigenvalue weighted by Gasteiger charge is 2.29. The maximum Gasteiger partial charge on any atom is 0.339 e. The fraction of sp³-hybridized carbons (Fsp3) is 0.263. The number of pyridine rings is 1. The van der Waals surface area contributed by atoms with Crippen LogP contribution in [-0.2, 0) is 9.53 Å². The molecule has 10 nitrogen and oxygen atoms in total. The summed E-state index contributed by atoms with van der Waals surface area (Å²) in [5.41, 5.74) is 1.68. The number of nitrogens with one attached hydrogen (secondary N) is 1. The van der Waals surface area contributed by atoms with Crippen LogP contribution in [0.4, 0.5) is 11.4 Å². The Labute approximate surface area is 174 Å². The zero-order valence-electron chi connectivity index (χ0n) is 15.7. The molecule has 3 aromatic rings. The van der Waals surface area contributed by atoms with E-state index < -0.39 is 23.4 Å². The second kappa shape index (κ2) is 7.71. The average Bonchev–Trinajstić information content (AvgIpc) is 3.50. The topological polar surface area (TPSA) is 137 Å². The number of amides is 1. The number of aromatic nitrogens is 2. The Kier molecular flexibility index (Phi) is 5.08. The first-order valence-corrected chi connectivity index (χ1v) is 9.39. The van der Waals surface area contributed by atoms with Crippen LogP contribution in [-0.4, -0.2) is 33.5 Å². The van der Waals surface area contributed by atoms with Crippen molar-refractivity contribution < 1.29 is 23.8 Å². The van der Waals surface area contributed by atoms with Gasteiger partial charge in [-0.05, 0) is 31.9 Å². The minimum Gasteiger partial charge on any atom is -0.452 e. The van der Waals surface area contributed by atoms with Crippen LogP contribution in [0.5, 0.6) is 0 Å². The molecule has 0 radical (unpaired) electrons. The van der Waals surface area contributed by atoms with Crippen molar-refractivity contribution in [3.8, 4) is 0 Å². The van der Waals surface area contributed by atoms with Crippen molar-refractivity contribution in [1.29, 1.82) is 0 Å². The van der Waals surface area contributed by atoms with Gasteiger partial charge in [0.2, 0.25) is 0 Å². The summed E-state index contributed by atoms with van der Waals surface area (Å²) < 4.78 is 10.3. The molecule has 1 aromatic carbocycles. The number of esters is 1. The van der Waals surface area contributed by atoms with Crippen molar-refractivity contribution in [2.45, 2.75) is 25.7 Å². The number of halogens is 1. The number of benzene rings is 1. The van der Waals surface area contributed by atoms with Crippen LogP contribution in [0, 0.1) is 17.0 Å². The summed E-state index contributed by atoms with van der Waals surface area (Å²) in [7, 11) is 0. The SMILES string of the molecule is Cc1noc2nc(C3CC3)cc(C(=O)OCC(=O)Nc3ccc([N+](=O)[O-])cc3Cl)c12. The molecule has 0 atom stereocenters. The molecule has 2 heterocycles. The molecule has 0 unspecified atom stereocenters. The molecule has 0 spiro atoms. The third-order valence-corrected chi connectivity index (χ3v) is 4.94. The number of anilines is 1. The molecule has 2 aromatic heterocycles. The van der Waals surface area contributed by atoms with Gasteiger partial charge >= 0.3 is 5.97 Å². The zero-order valence-corrected chi connectivity index (χ0v) is 16.4. The molecule has 1 fully saturated rings. The minimum absolute atomic E-state index is 0.00566. The number of non-ortho nitro benzene ring substituents is 1. The third-order valence-electron chi connectivity index (χ3n) is 4.62. The lowest BCUT2D eigenvalue weighted by Gasteiger charge is -2.09. The number of nitro benzene ring substituents is 1. The van der Waals surface area contributed by atoms with Gasteiger partial charge in [-0.15, -0.1) is 0 Å². The largest absolute Gasteiger partial charge is 0.452 e. The van der Waals surface area contributed by atoms with E-state index in [1.165, 1.54) is 12.1 Å². The lowest BCUT2D eigenvalue weighted by Crippen LogP contribution is -2.21. The molecule has 0 aliphatic heterocycles. The van der Waals surface area contributed by atoms with E-state index in [9.17, 15) is 19.7 Å². The van der Waals surface area contributed by atoms with Crippen LogP contribution < -0.4 is 5.32 Å². The molecule has 1 N–H and O–H groups in total. The van der Waals surface area contributed by atoms with Crippen LogP contribution >= 0.6 is 11.6 Å². The van der Waals surface area contributed by atoms with Gasteiger partial charge in [-0.2, -0.15) is 0 Å². The van der Waals surface area contributed by atoms with Gasteiger partial charge in [-0.1, -0.05) is 16.8 Å². The summed E-state index contributed by atoms with van der Waals surface area (Å²) in [4.78, 5) is 39.4. The van der Waals surface area contributed by atoms with E-state index in [1.807, 2.05) is 0 Å². The lowest BCUT2D eigenvalue weighted by molar-refractivity contribution is -0.384. The van der Waals surface area contributed by atoms with Crippen molar-refractivity contribution in [2.75, 3.05) is 11.9 Å². The molecule has 154 valence electrons. The van der Waals surface area contributed by atoms with E-state index in [-0.39, 0.29) is 33.6 Å². The monoisotopic (exact) mass is 430 g/mol. The summed E-state index contributed by atoms with van der Waals surface area (Å²) in [6.07, 6.45) is 1.97. The van der Waals surface area contributed by atoms with Crippen LogP contribution in [0.15, 0.2) is 28.8 Å². The normalized spacial score (nSPS) is 13.3. The van der Waals surface area contributed by atoms with Gasteiger partial charge in [-0.25, -0.2) is 9.78 Å². The molecule has 1 aliphatic carbocycles. The van der Waals surface area contributed by atoms with Crippen molar-refractivity contribution in [1.82, 2.24) is 10.1 Å². The summed E-state index contributed by atoms with van der Waals surface area (Å²) in [6, 6.07) is 5.27. The quantitative estimate of drug-likeness (QED) is 0.354. The van der Waals surface area contributed by atoms with Crippen molar-refractivity contribution in [2.24, 2.45) is 0 Å². The van der Waals surface area contributed by atoms with E-state index in [2.05, 4.69) is 15.5 Å². The molecule has 4 rings (SSSR count). The number of nitrogens with zero attached hydrogens (tertiary/aromatic N) is 3. The number of aryl methyl sites for hydroxylation is 1. The Morgan fingerprint density at radius 3 is 2.80 bits per heavy atom. The molecule has 0 bridgehead atoms. The first kappa shape index (κ1) is 19.8. The fourth-order valence-corrected chi connectivity index (χ4v) is 3.20. The second-order valence-corrected chi connectivity index (χ2v) is 7.27. The van der Waals surface area contributed by atoms with Gasteiger partial charge in [-0.3, -0.25) is 14.9 Å². The van der Waals surface area contributed by atoms with E-state index in [0.717, 1.165) is 24.6 Å². The van der Waals surface area contributed by atoms with Gasteiger partial charge in [0.15, 0.2) is 6.61 Å². The molecule has 30 heavy (non-hydrogen) atoms. The highest BCUT2D eigenvalue weighted by Crippen LogP contribution is 2.40. The highest BCUT2D eigenvalue weighted by molar-refractivity contribution is 6.34. The van der Waals surface area contributed by atoms with Gasteiger partial charge in [0, 0.05) is 23.7 Å². The van der Waals surface area contributed by atoms with Crippen LogP contribution in [0.3, 0.4) is 0 Å². The first-order valence-electron chi connectivity index (χ1n) is 9.01. The van der Waals surface area contributed by atoms with Crippen molar-refractivity contribution >= 4 is 46.0 Å². The van der Waals surface area contributed by atoms with E-state index >= 15 is 0 Å². The second-order valence-electron chi connectivity index (χ2n) is 6.86. The minimum atomic E-state index is -0.708. The van der Waals surface area contributed by atoms with Crippen LogP contribution in [0.2, 0.25) is 5.02 Å². The number of rotatable bonds is 6. The van der Waals surface area contributed by atoms with Gasteiger partial charge in [0.05, 0.1) is 32.3 Å².